The maximum Gasteiger partial charge on any atom is 0.255 e. The summed E-state index contributed by atoms with van der Waals surface area (Å²) in [6, 6.07) is 8.37. The summed E-state index contributed by atoms with van der Waals surface area (Å²) in [4.78, 5) is 12.3. The van der Waals surface area contributed by atoms with Gasteiger partial charge >= 0.3 is 0 Å². The molecule has 3 nitrogen and oxygen atoms in total. The number of aryl methyl sites for hydroxylation is 1. The van der Waals surface area contributed by atoms with Crippen LogP contribution in [0.2, 0.25) is 15.1 Å². The Morgan fingerprint density at radius 2 is 1.74 bits per heavy atom. The third kappa shape index (κ3) is 4.54. The largest absolute Gasteiger partial charge is 0.490 e. The minimum atomic E-state index is -0.323. The number of amides is 1. The fraction of sp³-hybridized carbons (Fsp3) is 0.235. The molecule has 2 aromatic rings. The zero-order valence-electron chi connectivity index (χ0n) is 12.8. The predicted molar refractivity (Wildman–Crippen MR) is 96.4 cm³/mol. The second-order valence-corrected chi connectivity index (χ2v) is 6.26. The summed E-state index contributed by atoms with van der Waals surface area (Å²) in [7, 11) is 0. The highest BCUT2D eigenvalue weighted by Gasteiger charge is 2.14. The lowest BCUT2D eigenvalue weighted by Gasteiger charge is -2.12. The van der Waals surface area contributed by atoms with Gasteiger partial charge in [-0.25, -0.2) is 0 Å². The molecule has 0 aliphatic rings. The third-order valence-electron chi connectivity index (χ3n) is 3.14. The average molecular weight is 373 g/mol. The Balaban J connectivity index is 2.20. The van der Waals surface area contributed by atoms with Crippen molar-refractivity contribution in [1.29, 1.82) is 0 Å². The van der Waals surface area contributed by atoms with E-state index in [0.29, 0.717) is 38.7 Å². The van der Waals surface area contributed by atoms with Crippen LogP contribution < -0.4 is 10.1 Å². The molecule has 0 fully saturated rings. The summed E-state index contributed by atoms with van der Waals surface area (Å²) in [6.07, 6.45) is 0.836. The molecule has 2 rings (SSSR count). The van der Waals surface area contributed by atoms with Crippen LogP contribution in [0.15, 0.2) is 30.3 Å². The lowest BCUT2D eigenvalue weighted by Crippen LogP contribution is -2.12. The maximum atomic E-state index is 12.3. The molecule has 0 heterocycles. The molecule has 2 aromatic carbocycles. The molecular formula is C17H16Cl3NO2. The van der Waals surface area contributed by atoms with Crippen molar-refractivity contribution in [2.75, 3.05) is 11.9 Å². The molecule has 0 bridgehead atoms. The van der Waals surface area contributed by atoms with Gasteiger partial charge in [-0.3, -0.25) is 4.79 Å². The van der Waals surface area contributed by atoms with Crippen molar-refractivity contribution in [2.45, 2.75) is 20.3 Å². The average Bonchev–Trinajstić information content (AvgIpc) is 2.50. The molecule has 0 aromatic heterocycles. The van der Waals surface area contributed by atoms with E-state index in [-0.39, 0.29) is 5.91 Å². The van der Waals surface area contributed by atoms with Crippen LogP contribution in [0.1, 0.15) is 29.3 Å². The van der Waals surface area contributed by atoms with Gasteiger partial charge in [0.05, 0.1) is 16.7 Å². The summed E-state index contributed by atoms with van der Waals surface area (Å²) in [5, 5.41) is 3.95. The Bertz CT molecular complexity index is 709. The van der Waals surface area contributed by atoms with E-state index >= 15 is 0 Å². The van der Waals surface area contributed by atoms with E-state index in [1.165, 1.54) is 12.1 Å². The normalized spacial score (nSPS) is 10.5. The number of benzene rings is 2. The molecule has 0 aliphatic carbocycles. The highest BCUT2D eigenvalue weighted by molar-refractivity contribution is 6.38. The molecule has 23 heavy (non-hydrogen) atoms. The number of hydrogen-bond acceptors (Lipinski definition) is 2. The van der Waals surface area contributed by atoms with Crippen LogP contribution in [-0.2, 0) is 0 Å². The van der Waals surface area contributed by atoms with Gasteiger partial charge in [-0.15, -0.1) is 0 Å². The minimum absolute atomic E-state index is 0.304. The van der Waals surface area contributed by atoms with Gasteiger partial charge in [0.1, 0.15) is 0 Å². The molecule has 0 unspecified atom stereocenters. The van der Waals surface area contributed by atoms with Crippen molar-refractivity contribution < 1.29 is 9.53 Å². The molecule has 0 saturated carbocycles. The van der Waals surface area contributed by atoms with Gasteiger partial charge in [-0.2, -0.15) is 0 Å². The number of hydrogen-bond donors (Lipinski definition) is 1. The molecule has 0 atom stereocenters. The van der Waals surface area contributed by atoms with Crippen molar-refractivity contribution in [2.24, 2.45) is 0 Å². The van der Waals surface area contributed by atoms with Crippen LogP contribution in [-0.4, -0.2) is 12.5 Å². The van der Waals surface area contributed by atoms with E-state index in [1.807, 2.05) is 19.9 Å². The standard InChI is InChI=1S/C17H16Cl3NO2/c1-3-6-23-16-14(19)7-11(8-15(16)20)17(22)21-12-5-4-10(2)13(18)9-12/h4-5,7-9H,3,6H2,1-2H3,(H,21,22). The Hall–Kier alpha value is -1.42. The molecule has 1 N–H and O–H groups in total. The van der Waals surface area contributed by atoms with Crippen molar-refractivity contribution in [1.82, 2.24) is 0 Å². The van der Waals surface area contributed by atoms with E-state index in [2.05, 4.69) is 5.32 Å². The number of rotatable bonds is 5. The van der Waals surface area contributed by atoms with Crippen LogP contribution in [0, 0.1) is 6.92 Å². The highest BCUT2D eigenvalue weighted by Crippen LogP contribution is 2.34. The first-order chi connectivity index (χ1) is 10.9. The second kappa shape index (κ2) is 7.91. The van der Waals surface area contributed by atoms with Crippen LogP contribution in [0.3, 0.4) is 0 Å². The maximum absolute atomic E-state index is 12.3. The molecule has 6 heteroatoms. The van der Waals surface area contributed by atoms with Gasteiger partial charge in [-0.05, 0) is 43.2 Å². The first-order valence-electron chi connectivity index (χ1n) is 7.11. The molecule has 0 aliphatic heterocycles. The number of carbonyl (C=O) groups is 1. The van der Waals surface area contributed by atoms with Gasteiger partial charge in [0.25, 0.3) is 5.91 Å². The molecule has 1 amide bonds. The van der Waals surface area contributed by atoms with E-state index in [9.17, 15) is 4.79 Å². The van der Waals surface area contributed by atoms with Gasteiger partial charge in [0, 0.05) is 16.3 Å². The SMILES string of the molecule is CCCOc1c(Cl)cc(C(=O)Nc2ccc(C)c(Cl)c2)cc1Cl. The van der Waals surface area contributed by atoms with Crippen LogP contribution in [0.25, 0.3) is 0 Å². The third-order valence-corrected chi connectivity index (χ3v) is 4.11. The fourth-order valence-electron chi connectivity index (χ4n) is 1.91. The topological polar surface area (TPSA) is 38.3 Å². The summed E-state index contributed by atoms with van der Waals surface area (Å²) < 4.78 is 5.49. The summed E-state index contributed by atoms with van der Waals surface area (Å²) in [6.45, 7) is 4.38. The Morgan fingerprint density at radius 3 is 2.30 bits per heavy atom. The molecule has 122 valence electrons. The van der Waals surface area contributed by atoms with Gasteiger partial charge < -0.3 is 10.1 Å². The highest BCUT2D eigenvalue weighted by atomic mass is 35.5. The lowest BCUT2D eigenvalue weighted by molar-refractivity contribution is 0.102. The van der Waals surface area contributed by atoms with Crippen molar-refractivity contribution >= 4 is 46.4 Å². The quantitative estimate of drug-likeness (QED) is 0.699. The molecular weight excluding hydrogens is 357 g/mol. The van der Waals surface area contributed by atoms with E-state index in [4.69, 9.17) is 39.5 Å². The Kier molecular flexibility index (Phi) is 6.17. The van der Waals surface area contributed by atoms with Crippen molar-refractivity contribution in [3.05, 3.63) is 56.5 Å². The fourth-order valence-corrected chi connectivity index (χ4v) is 2.68. The van der Waals surface area contributed by atoms with Crippen LogP contribution >= 0.6 is 34.8 Å². The number of anilines is 1. The zero-order chi connectivity index (χ0) is 17.0. The van der Waals surface area contributed by atoms with Crippen molar-refractivity contribution in [3.8, 4) is 5.75 Å². The van der Waals surface area contributed by atoms with Gasteiger partial charge in [0.15, 0.2) is 5.75 Å². The van der Waals surface area contributed by atoms with Gasteiger partial charge in [-0.1, -0.05) is 47.8 Å². The van der Waals surface area contributed by atoms with Crippen LogP contribution in [0.5, 0.6) is 5.75 Å². The summed E-state index contributed by atoms with van der Waals surface area (Å²) in [5.74, 6) is 0.0703. The first kappa shape index (κ1) is 17.9. The summed E-state index contributed by atoms with van der Waals surface area (Å²) in [5.41, 5.74) is 1.89. The molecule has 0 spiro atoms. The molecule has 0 radical (unpaired) electrons. The van der Waals surface area contributed by atoms with Gasteiger partial charge in [0.2, 0.25) is 0 Å². The molecule has 0 saturated heterocycles. The van der Waals surface area contributed by atoms with E-state index in [1.54, 1.807) is 12.1 Å². The van der Waals surface area contributed by atoms with E-state index in [0.717, 1.165) is 12.0 Å². The first-order valence-corrected chi connectivity index (χ1v) is 8.25. The summed E-state index contributed by atoms with van der Waals surface area (Å²) >= 11 is 18.4. The number of carbonyl (C=O) groups excluding carboxylic acids is 1. The number of halogens is 3. The van der Waals surface area contributed by atoms with Crippen molar-refractivity contribution in [3.63, 3.8) is 0 Å². The smallest absolute Gasteiger partial charge is 0.255 e. The van der Waals surface area contributed by atoms with Crippen LogP contribution in [0.4, 0.5) is 5.69 Å². The minimum Gasteiger partial charge on any atom is -0.490 e. The zero-order valence-corrected chi connectivity index (χ0v) is 15.0. The second-order valence-electron chi connectivity index (χ2n) is 5.04. The van der Waals surface area contributed by atoms with E-state index < -0.39 is 0 Å². The number of ether oxygens (including phenoxy) is 1. The lowest BCUT2D eigenvalue weighted by atomic mass is 10.2. The predicted octanol–water partition coefficient (Wildman–Crippen LogP) is 6.00. The monoisotopic (exact) mass is 371 g/mol. The Morgan fingerprint density at radius 1 is 1.09 bits per heavy atom. The number of nitrogens with one attached hydrogen (secondary N) is 1. The Labute approximate surface area is 150 Å².